The van der Waals surface area contributed by atoms with Crippen molar-refractivity contribution in [3.63, 3.8) is 0 Å². The second-order valence-corrected chi connectivity index (χ2v) is 9.83. The number of hydrogen-bond donors (Lipinski definition) is 0. The van der Waals surface area contributed by atoms with Crippen molar-refractivity contribution >= 4 is 21.4 Å². The van der Waals surface area contributed by atoms with E-state index in [2.05, 4.69) is 0 Å². The molecule has 1 saturated carbocycles. The molecule has 0 spiro atoms. The molecule has 1 aliphatic carbocycles. The molecule has 0 unspecified atom stereocenters. The maximum Gasteiger partial charge on any atom is 0.188 e. The van der Waals surface area contributed by atoms with E-state index in [0.717, 1.165) is 25.0 Å². The average molecular weight is 413 g/mol. The van der Waals surface area contributed by atoms with E-state index in [9.17, 15) is 17.2 Å². The summed E-state index contributed by atoms with van der Waals surface area (Å²) in [7, 11) is -4.02. The Morgan fingerprint density at radius 2 is 1.70 bits per heavy atom. The first-order valence-electron chi connectivity index (χ1n) is 8.99. The molecular weight excluding hydrogens is 394 g/mol. The van der Waals surface area contributed by atoms with Gasteiger partial charge in [0.2, 0.25) is 0 Å². The van der Waals surface area contributed by atoms with Crippen LogP contribution in [0.4, 0.5) is 8.78 Å². The molecule has 1 fully saturated rings. The predicted molar refractivity (Wildman–Crippen MR) is 98.7 cm³/mol. The summed E-state index contributed by atoms with van der Waals surface area (Å²) in [4.78, 5) is 0.0651. The minimum absolute atomic E-state index is 0.0557. The molecule has 144 valence electrons. The fourth-order valence-electron chi connectivity index (χ4n) is 4.50. The van der Waals surface area contributed by atoms with E-state index in [0.29, 0.717) is 17.9 Å². The molecule has 27 heavy (non-hydrogen) atoms. The average Bonchev–Trinajstić information content (AvgIpc) is 2.88. The number of sulfone groups is 1. The molecule has 0 saturated heterocycles. The van der Waals surface area contributed by atoms with Crippen LogP contribution in [0, 0.1) is 17.6 Å². The molecule has 0 N–H and O–H groups in total. The SMILES string of the molecule is O=S(=O)(c1ccc(Cl)cc1)[C@@]12CCCCC[C@H]1COc1c(F)ccc(F)c12. The summed E-state index contributed by atoms with van der Waals surface area (Å²) in [5, 5.41) is 0.411. The fraction of sp³-hybridized carbons (Fsp3) is 0.400. The summed E-state index contributed by atoms with van der Waals surface area (Å²) in [5.41, 5.74) is -0.157. The number of benzene rings is 2. The molecule has 4 rings (SSSR count). The highest BCUT2D eigenvalue weighted by Crippen LogP contribution is 2.55. The zero-order valence-electron chi connectivity index (χ0n) is 14.6. The van der Waals surface area contributed by atoms with E-state index in [-0.39, 0.29) is 29.2 Å². The van der Waals surface area contributed by atoms with Gasteiger partial charge in [0.25, 0.3) is 0 Å². The lowest BCUT2D eigenvalue weighted by Crippen LogP contribution is -2.48. The minimum Gasteiger partial charge on any atom is -0.490 e. The Morgan fingerprint density at radius 3 is 2.44 bits per heavy atom. The summed E-state index contributed by atoms with van der Waals surface area (Å²) >= 11 is 5.91. The lowest BCUT2D eigenvalue weighted by molar-refractivity contribution is 0.153. The number of rotatable bonds is 2. The lowest BCUT2D eigenvalue weighted by atomic mass is 9.79. The van der Waals surface area contributed by atoms with Gasteiger partial charge in [-0.05, 0) is 49.2 Å². The van der Waals surface area contributed by atoms with Gasteiger partial charge in [-0.2, -0.15) is 0 Å². The monoisotopic (exact) mass is 412 g/mol. The van der Waals surface area contributed by atoms with Crippen LogP contribution in [0.15, 0.2) is 41.3 Å². The minimum atomic E-state index is -4.02. The number of fused-ring (bicyclic) bond motifs is 3. The first-order chi connectivity index (χ1) is 12.9. The van der Waals surface area contributed by atoms with Crippen molar-refractivity contribution in [3.8, 4) is 5.75 Å². The van der Waals surface area contributed by atoms with Crippen LogP contribution in [-0.4, -0.2) is 15.0 Å². The number of halogens is 3. The second-order valence-electron chi connectivity index (χ2n) is 7.19. The van der Waals surface area contributed by atoms with E-state index in [4.69, 9.17) is 16.3 Å². The van der Waals surface area contributed by atoms with Gasteiger partial charge in [0.15, 0.2) is 21.4 Å². The van der Waals surface area contributed by atoms with Crippen molar-refractivity contribution in [2.75, 3.05) is 6.61 Å². The van der Waals surface area contributed by atoms with E-state index in [1.807, 2.05) is 0 Å². The molecular formula is C20H19ClF2O3S. The van der Waals surface area contributed by atoms with Gasteiger partial charge >= 0.3 is 0 Å². The highest BCUT2D eigenvalue weighted by atomic mass is 35.5. The van der Waals surface area contributed by atoms with Crippen LogP contribution < -0.4 is 4.74 Å². The van der Waals surface area contributed by atoms with Crippen LogP contribution in [0.5, 0.6) is 5.75 Å². The zero-order chi connectivity index (χ0) is 19.2. The van der Waals surface area contributed by atoms with Gasteiger partial charge in [0.1, 0.15) is 10.6 Å². The third-order valence-electron chi connectivity index (χ3n) is 5.77. The maximum absolute atomic E-state index is 15.0. The Hall–Kier alpha value is -1.66. The molecule has 1 aliphatic heterocycles. The Labute approximate surface area is 162 Å². The van der Waals surface area contributed by atoms with Crippen molar-refractivity contribution in [2.24, 2.45) is 5.92 Å². The molecule has 1 heterocycles. The van der Waals surface area contributed by atoms with Gasteiger partial charge in [-0.15, -0.1) is 0 Å². The molecule has 2 aromatic rings. The van der Waals surface area contributed by atoms with Crippen LogP contribution in [-0.2, 0) is 14.6 Å². The Kier molecular flexibility index (Phi) is 4.67. The number of hydrogen-bond acceptors (Lipinski definition) is 3. The third kappa shape index (κ3) is 2.76. The molecule has 2 aliphatic rings. The summed E-state index contributed by atoms with van der Waals surface area (Å²) in [6, 6.07) is 7.83. The molecule has 7 heteroatoms. The lowest BCUT2D eigenvalue weighted by Gasteiger charge is -2.43. The van der Waals surface area contributed by atoms with Crippen LogP contribution >= 0.6 is 11.6 Å². The summed E-state index contributed by atoms with van der Waals surface area (Å²) in [5.74, 6) is -2.19. The third-order valence-corrected chi connectivity index (χ3v) is 8.62. The van der Waals surface area contributed by atoms with Gasteiger partial charge in [-0.3, -0.25) is 0 Å². The Balaban J connectivity index is 2.04. The van der Waals surface area contributed by atoms with Crippen molar-refractivity contribution in [1.29, 1.82) is 0 Å². The highest BCUT2D eigenvalue weighted by molar-refractivity contribution is 7.92. The van der Waals surface area contributed by atoms with Crippen molar-refractivity contribution < 1.29 is 21.9 Å². The Bertz CT molecular complexity index is 975. The molecule has 2 atom stereocenters. The van der Waals surface area contributed by atoms with E-state index >= 15 is 0 Å². The fourth-order valence-corrected chi connectivity index (χ4v) is 7.04. The predicted octanol–water partition coefficient (Wildman–Crippen LogP) is 5.26. The van der Waals surface area contributed by atoms with E-state index < -0.39 is 32.1 Å². The number of ether oxygens (including phenoxy) is 1. The first-order valence-corrected chi connectivity index (χ1v) is 10.9. The van der Waals surface area contributed by atoms with Crippen molar-refractivity contribution in [3.05, 3.63) is 58.6 Å². The maximum atomic E-state index is 15.0. The molecule has 3 nitrogen and oxygen atoms in total. The molecule has 0 bridgehead atoms. The quantitative estimate of drug-likeness (QED) is 0.675. The van der Waals surface area contributed by atoms with Gasteiger partial charge in [-0.1, -0.05) is 30.9 Å². The van der Waals surface area contributed by atoms with Gasteiger partial charge in [0.05, 0.1) is 17.1 Å². The molecule has 0 radical (unpaired) electrons. The standard InChI is InChI=1S/C20H19ClF2O3S/c21-14-5-7-15(8-6-14)27(24,25)20-11-3-1-2-4-13(20)12-26-19-17(23)10-9-16(22)18(19)20/h5-10,13H,1-4,11-12H2/t13-,20-/m0/s1. The van der Waals surface area contributed by atoms with Gasteiger partial charge < -0.3 is 4.74 Å². The van der Waals surface area contributed by atoms with Crippen molar-refractivity contribution in [2.45, 2.75) is 41.7 Å². The van der Waals surface area contributed by atoms with Crippen LogP contribution in [0.2, 0.25) is 5.02 Å². The summed E-state index contributed by atoms with van der Waals surface area (Å²) < 4.78 is 61.1. The summed E-state index contributed by atoms with van der Waals surface area (Å²) in [6.45, 7) is 0.0557. The van der Waals surface area contributed by atoms with Crippen LogP contribution in [0.3, 0.4) is 0 Å². The summed E-state index contributed by atoms with van der Waals surface area (Å²) in [6.07, 6.45) is 3.12. The Morgan fingerprint density at radius 1 is 1.00 bits per heavy atom. The smallest absolute Gasteiger partial charge is 0.188 e. The van der Waals surface area contributed by atoms with E-state index in [1.54, 1.807) is 0 Å². The van der Waals surface area contributed by atoms with Crippen LogP contribution in [0.25, 0.3) is 0 Å². The topological polar surface area (TPSA) is 43.4 Å². The van der Waals surface area contributed by atoms with Gasteiger partial charge in [0, 0.05) is 10.9 Å². The largest absolute Gasteiger partial charge is 0.490 e. The van der Waals surface area contributed by atoms with Gasteiger partial charge in [-0.25, -0.2) is 17.2 Å². The molecule has 0 aromatic heterocycles. The first kappa shape index (κ1) is 18.7. The van der Waals surface area contributed by atoms with E-state index in [1.165, 1.54) is 24.3 Å². The van der Waals surface area contributed by atoms with Crippen LogP contribution in [0.1, 0.15) is 37.7 Å². The van der Waals surface area contributed by atoms with Crippen molar-refractivity contribution in [1.82, 2.24) is 0 Å². The second kappa shape index (κ2) is 6.74. The zero-order valence-corrected chi connectivity index (χ0v) is 16.1. The highest BCUT2D eigenvalue weighted by Gasteiger charge is 2.57. The molecule has 2 aromatic carbocycles. The normalized spacial score (nSPS) is 25.1. The molecule has 0 amide bonds.